The molecule has 0 spiro atoms. The van der Waals surface area contributed by atoms with E-state index in [-0.39, 0.29) is 23.6 Å². The first-order chi connectivity index (χ1) is 9.59. The molecular formula is C13H18BrNO5S. The molecule has 1 aromatic rings. The number of aromatic carboxylic acids is 1. The Kier molecular flexibility index (Phi) is 5.92. The number of aliphatic hydroxyl groups is 1. The predicted molar refractivity (Wildman–Crippen MR) is 81.8 cm³/mol. The van der Waals surface area contributed by atoms with Crippen molar-refractivity contribution < 1.29 is 23.4 Å². The van der Waals surface area contributed by atoms with Crippen LogP contribution in [0, 0.1) is 5.41 Å². The van der Waals surface area contributed by atoms with Crippen LogP contribution >= 0.6 is 15.9 Å². The maximum Gasteiger partial charge on any atom is 0.336 e. The third kappa shape index (κ3) is 5.06. The van der Waals surface area contributed by atoms with Gasteiger partial charge in [-0.05, 0) is 46.0 Å². The van der Waals surface area contributed by atoms with E-state index in [0.717, 1.165) is 6.07 Å². The summed E-state index contributed by atoms with van der Waals surface area (Å²) in [6.45, 7) is 3.77. The molecule has 6 nitrogen and oxygen atoms in total. The predicted octanol–water partition coefficient (Wildman–Crippen LogP) is 1.83. The highest BCUT2D eigenvalue weighted by Crippen LogP contribution is 2.23. The maximum atomic E-state index is 12.2. The summed E-state index contributed by atoms with van der Waals surface area (Å²) >= 11 is 3.07. The number of carbonyl (C=O) groups is 1. The lowest BCUT2D eigenvalue weighted by atomic mass is 9.90. The van der Waals surface area contributed by atoms with Crippen molar-refractivity contribution in [3.8, 4) is 0 Å². The second-order valence-corrected chi connectivity index (χ2v) is 8.03. The normalized spacial score (nSPS) is 12.4. The van der Waals surface area contributed by atoms with Gasteiger partial charge in [-0.3, -0.25) is 0 Å². The summed E-state index contributed by atoms with van der Waals surface area (Å²) in [6.07, 6.45) is 0.455. The van der Waals surface area contributed by atoms with Crippen molar-refractivity contribution in [3.05, 3.63) is 28.2 Å². The fraction of sp³-hybridized carbons (Fsp3) is 0.462. The van der Waals surface area contributed by atoms with E-state index in [1.807, 2.05) is 13.8 Å². The number of hydrogen-bond donors (Lipinski definition) is 3. The molecule has 0 amide bonds. The molecule has 0 aromatic heterocycles. The highest BCUT2D eigenvalue weighted by molar-refractivity contribution is 9.10. The summed E-state index contributed by atoms with van der Waals surface area (Å²) in [7, 11) is -3.80. The van der Waals surface area contributed by atoms with Gasteiger partial charge >= 0.3 is 5.97 Å². The number of hydrogen-bond acceptors (Lipinski definition) is 4. The summed E-state index contributed by atoms with van der Waals surface area (Å²) in [6, 6.07) is 3.82. The molecule has 118 valence electrons. The SMILES string of the molecule is CC(C)(CCO)CNS(=O)(=O)c1ccc(Br)c(C(=O)O)c1. The van der Waals surface area contributed by atoms with Crippen molar-refractivity contribution in [1.29, 1.82) is 0 Å². The summed E-state index contributed by atoms with van der Waals surface area (Å²) in [4.78, 5) is 10.9. The number of sulfonamides is 1. The highest BCUT2D eigenvalue weighted by atomic mass is 79.9. The summed E-state index contributed by atoms with van der Waals surface area (Å²) in [5.74, 6) is -1.21. The van der Waals surface area contributed by atoms with Crippen LogP contribution in [-0.2, 0) is 10.0 Å². The lowest BCUT2D eigenvalue weighted by Gasteiger charge is -2.23. The Morgan fingerprint density at radius 1 is 1.38 bits per heavy atom. The van der Waals surface area contributed by atoms with E-state index < -0.39 is 21.4 Å². The minimum Gasteiger partial charge on any atom is -0.478 e. The minimum absolute atomic E-state index is 0.0316. The van der Waals surface area contributed by atoms with Gasteiger partial charge in [0.1, 0.15) is 0 Å². The lowest BCUT2D eigenvalue weighted by Crippen LogP contribution is -2.34. The molecule has 0 fully saturated rings. The summed E-state index contributed by atoms with van der Waals surface area (Å²) < 4.78 is 27.1. The van der Waals surface area contributed by atoms with Gasteiger partial charge in [-0.15, -0.1) is 0 Å². The molecule has 8 heteroatoms. The summed E-state index contributed by atoms with van der Waals surface area (Å²) in [5.41, 5.74) is -0.514. The second kappa shape index (κ2) is 6.87. The highest BCUT2D eigenvalue weighted by Gasteiger charge is 2.23. The van der Waals surface area contributed by atoms with Crippen LogP contribution < -0.4 is 4.72 Å². The first-order valence-corrected chi connectivity index (χ1v) is 8.50. The van der Waals surface area contributed by atoms with Gasteiger partial charge in [0.2, 0.25) is 10.0 Å². The van der Waals surface area contributed by atoms with Crippen LogP contribution in [0.4, 0.5) is 0 Å². The average molecular weight is 380 g/mol. The molecule has 0 bridgehead atoms. The zero-order valence-electron chi connectivity index (χ0n) is 11.8. The Morgan fingerprint density at radius 3 is 2.52 bits per heavy atom. The third-order valence-electron chi connectivity index (χ3n) is 3.01. The Morgan fingerprint density at radius 2 is 2.00 bits per heavy atom. The van der Waals surface area contributed by atoms with Crippen molar-refractivity contribution in [2.75, 3.05) is 13.2 Å². The molecule has 0 aliphatic heterocycles. The molecule has 0 unspecified atom stereocenters. The van der Waals surface area contributed by atoms with Gasteiger partial charge in [0.25, 0.3) is 0 Å². The Hall–Kier alpha value is -0.960. The van der Waals surface area contributed by atoms with Crippen LogP contribution in [0.15, 0.2) is 27.6 Å². The smallest absolute Gasteiger partial charge is 0.336 e. The largest absolute Gasteiger partial charge is 0.478 e. The van der Waals surface area contributed by atoms with Gasteiger partial charge in [0, 0.05) is 17.6 Å². The van der Waals surface area contributed by atoms with Crippen molar-refractivity contribution in [2.24, 2.45) is 5.41 Å². The zero-order valence-corrected chi connectivity index (χ0v) is 14.2. The molecule has 0 radical (unpaired) electrons. The zero-order chi connectivity index (χ0) is 16.3. The van der Waals surface area contributed by atoms with Gasteiger partial charge in [-0.25, -0.2) is 17.9 Å². The number of nitrogens with one attached hydrogen (secondary N) is 1. The van der Waals surface area contributed by atoms with Gasteiger partial charge in [0.15, 0.2) is 0 Å². The summed E-state index contributed by atoms with van der Waals surface area (Å²) in [5, 5.41) is 17.9. The fourth-order valence-corrected chi connectivity index (χ4v) is 3.28. The molecule has 3 N–H and O–H groups in total. The van der Waals surface area contributed by atoms with Crippen molar-refractivity contribution in [3.63, 3.8) is 0 Å². The van der Waals surface area contributed by atoms with Gasteiger partial charge in [-0.2, -0.15) is 0 Å². The fourth-order valence-electron chi connectivity index (χ4n) is 1.60. The number of aliphatic hydroxyl groups excluding tert-OH is 1. The van der Waals surface area contributed by atoms with Crippen LogP contribution in [0.25, 0.3) is 0 Å². The van der Waals surface area contributed by atoms with Crippen LogP contribution in [0.3, 0.4) is 0 Å². The molecular weight excluding hydrogens is 362 g/mol. The topological polar surface area (TPSA) is 104 Å². The molecule has 1 rings (SSSR count). The maximum absolute atomic E-state index is 12.2. The van der Waals surface area contributed by atoms with E-state index in [1.54, 1.807) is 0 Å². The Balaban J connectivity index is 2.99. The molecule has 0 saturated carbocycles. The van der Waals surface area contributed by atoms with Crippen molar-refractivity contribution >= 4 is 31.9 Å². The number of rotatable bonds is 7. The minimum atomic E-state index is -3.80. The van der Waals surface area contributed by atoms with E-state index in [4.69, 9.17) is 10.2 Å². The molecule has 0 aliphatic rings. The van der Waals surface area contributed by atoms with Crippen molar-refractivity contribution in [2.45, 2.75) is 25.2 Å². The van der Waals surface area contributed by atoms with Gasteiger partial charge in [0.05, 0.1) is 10.5 Å². The van der Waals surface area contributed by atoms with E-state index in [1.165, 1.54) is 12.1 Å². The molecule has 0 atom stereocenters. The van der Waals surface area contributed by atoms with Gasteiger partial charge < -0.3 is 10.2 Å². The molecule has 21 heavy (non-hydrogen) atoms. The second-order valence-electron chi connectivity index (χ2n) is 5.41. The first kappa shape index (κ1) is 18.1. The van der Waals surface area contributed by atoms with Crippen LogP contribution in [-0.4, -0.2) is 37.8 Å². The third-order valence-corrected chi connectivity index (χ3v) is 5.10. The van der Waals surface area contributed by atoms with E-state index in [9.17, 15) is 13.2 Å². The lowest BCUT2D eigenvalue weighted by molar-refractivity contribution is 0.0695. The molecule has 0 aliphatic carbocycles. The first-order valence-electron chi connectivity index (χ1n) is 6.22. The van der Waals surface area contributed by atoms with E-state index in [2.05, 4.69) is 20.7 Å². The van der Waals surface area contributed by atoms with Crippen LogP contribution in [0.1, 0.15) is 30.6 Å². The van der Waals surface area contributed by atoms with Crippen LogP contribution in [0.5, 0.6) is 0 Å². The average Bonchev–Trinajstić information content (AvgIpc) is 2.36. The Labute approximate surface area is 132 Å². The Bertz CT molecular complexity index is 627. The molecule has 0 heterocycles. The van der Waals surface area contributed by atoms with E-state index >= 15 is 0 Å². The number of halogens is 1. The standard InChI is InChI=1S/C13H18BrNO5S/c1-13(2,5-6-16)8-15-21(19,20)9-3-4-11(14)10(7-9)12(17)18/h3-4,7,15-16H,5-6,8H2,1-2H3,(H,17,18). The van der Waals surface area contributed by atoms with Crippen molar-refractivity contribution in [1.82, 2.24) is 4.72 Å². The molecule has 0 saturated heterocycles. The van der Waals surface area contributed by atoms with E-state index in [0.29, 0.717) is 10.9 Å². The number of carboxylic acid groups (broad SMARTS) is 1. The van der Waals surface area contributed by atoms with Gasteiger partial charge in [-0.1, -0.05) is 13.8 Å². The van der Waals surface area contributed by atoms with Crippen LogP contribution in [0.2, 0.25) is 0 Å². The number of benzene rings is 1. The number of carboxylic acids is 1. The quantitative estimate of drug-likeness (QED) is 0.670. The molecule has 1 aromatic carbocycles. The monoisotopic (exact) mass is 379 g/mol.